The van der Waals surface area contributed by atoms with Gasteiger partial charge in [0.25, 0.3) is 0 Å². The van der Waals surface area contributed by atoms with Gasteiger partial charge in [0.05, 0.1) is 11.4 Å². The monoisotopic (exact) mass is 363 g/mol. The topological polar surface area (TPSA) is 29.3 Å². The zero-order valence-electron chi connectivity index (χ0n) is 15.6. The van der Waals surface area contributed by atoms with E-state index in [-0.39, 0.29) is 0 Å². The molecule has 0 amide bonds. The average molecular weight is 363 g/mol. The molecular weight excluding hydrogens is 342 g/mol. The Bertz CT molecular complexity index is 1160. The van der Waals surface area contributed by atoms with Crippen LogP contribution in [0.1, 0.15) is 24.8 Å². The van der Waals surface area contributed by atoms with E-state index < -0.39 is 0 Å². The Morgan fingerprint density at radius 2 is 1.75 bits per heavy atom. The molecule has 2 aromatic heterocycles. The lowest BCUT2D eigenvalue weighted by molar-refractivity contribution is 0.445. The summed E-state index contributed by atoms with van der Waals surface area (Å²) in [5.41, 5.74) is 7.16. The van der Waals surface area contributed by atoms with Gasteiger partial charge in [-0.05, 0) is 43.5 Å². The Morgan fingerprint density at radius 3 is 2.43 bits per heavy atom. The molecule has 0 aliphatic heterocycles. The van der Waals surface area contributed by atoms with Crippen molar-refractivity contribution >= 4 is 11.3 Å². The first-order valence-corrected chi connectivity index (χ1v) is 9.73. The molecule has 3 heteroatoms. The van der Waals surface area contributed by atoms with Crippen LogP contribution in [-0.4, -0.2) is 15.4 Å². The number of nitrogens with one attached hydrogen (secondary N) is 1. The van der Waals surface area contributed by atoms with Gasteiger partial charge in [-0.15, -0.1) is 6.42 Å². The van der Waals surface area contributed by atoms with Gasteiger partial charge in [0.2, 0.25) is 0 Å². The van der Waals surface area contributed by atoms with Crippen molar-refractivity contribution in [1.29, 1.82) is 0 Å². The smallest absolute Gasteiger partial charge is 0.139 e. The number of aromatic nitrogens is 2. The highest BCUT2D eigenvalue weighted by atomic mass is 15.0. The maximum Gasteiger partial charge on any atom is 0.139 e. The Morgan fingerprint density at radius 1 is 0.964 bits per heavy atom. The van der Waals surface area contributed by atoms with Crippen LogP contribution in [0.25, 0.3) is 28.2 Å². The van der Waals surface area contributed by atoms with Crippen LogP contribution in [0, 0.1) is 12.3 Å². The molecule has 28 heavy (non-hydrogen) atoms. The highest BCUT2D eigenvalue weighted by Crippen LogP contribution is 2.34. The Kier molecular flexibility index (Phi) is 4.10. The maximum absolute atomic E-state index is 5.59. The number of hydrogen-bond donors (Lipinski definition) is 1. The van der Waals surface area contributed by atoms with Crippen LogP contribution in [0.5, 0.6) is 0 Å². The molecule has 0 radical (unpaired) electrons. The second-order valence-corrected chi connectivity index (χ2v) is 7.31. The van der Waals surface area contributed by atoms with Crippen LogP contribution in [0.15, 0.2) is 72.9 Å². The molecular formula is C25H21N3. The molecule has 3 nitrogen and oxygen atoms in total. The van der Waals surface area contributed by atoms with Crippen molar-refractivity contribution in [3.05, 3.63) is 78.5 Å². The number of terminal acetylenes is 1. The predicted molar refractivity (Wildman–Crippen MR) is 115 cm³/mol. The van der Waals surface area contributed by atoms with Gasteiger partial charge in [0.15, 0.2) is 0 Å². The van der Waals surface area contributed by atoms with Gasteiger partial charge in [0, 0.05) is 34.6 Å². The zero-order valence-corrected chi connectivity index (χ0v) is 15.6. The molecule has 5 rings (SSSR count). The van der Waals surface area contributed by atoms with Crippen LogP contribution in [0.2, 0.25) is 0 Å². The summed E-state index contributed by atoms with van der Waals surface area (Å²) in [6.45, 7) is 0. The molecule has 2 aromatic carbocycles. The summed E-state index contributed by atoms with van der Waals surface area (Å²) in [5, 5.41) is 3.60. The molecule has 4 aromatic rings. The Balaban J connectivity index is 1.62. The molecule has 0 spiro atoms. The fraction of sp³-hybridized carbons (Fsp3) is 0.160. The number of fused-ring (bicyclic) bond motifs is 1. The van der Waals surface area contributed by atoms with Gasteiger partial charge in [0.1, 0.15) is 5.65 Å². The lowest BCUT2D eigenvalue weighted by Crippen LogP contribution is -2.26. The van der Waals surface area contributed by atoms with Gasteiger partial charge in [-0.3, -0.25) is 4.40 Å². The second-order valence-electron chi connectivity index (χ2n) is 7.31. The molecule has 1 aliphatic carbocycles. The second kappa shape index (κ2) is 6.90. The van der Waals surface area contributed by atoms with Crippen molar-refractivity contribution in [3.8, 4) is 34.9 Å². The standard InChI is InChI=1S/C25H21N3/c1-2-18-15-16-28-23(17-18)27-24(25(28)20-7-4-3-5-8-20)19-11-13-22(14-12-19)26-21-9-6-10-21/h1,3-5,7-8,11-17,21,26H,6,9-10H2. The number of rotatable bonds is 4. The third-order valence-electron chi connectivity index (χ3n) is 5.47. The molecule has 0 bridgehead atoms. The summed E-state index contributed by atoms with van der Waals surface area (Å²) >= 11 is 0. The normalized spacial score (nSPS) is 13.8. The number of benzene rings is 2. The minimum atomic E-state index is 0.628. The lowest BCUT2D eigenvalue weighted by Gasteiger charge is -2.27. The van der Waals surface area contributed by atoms with E-state index in [2.05, 4.69) is 64.2 Å². The van der Waals surface area contributed by atoms with Gasteiger partial charge in [-0.2, -0.15) is 0 Å². The largest absolute Gasteiger partial charge is 0.382 e. The highest BCUT2D eigenvalue weighted by molar-refractivity contribution is 5.82. The van der Waals surface area contributed by atoms with E-state index in [9.17, 15) is 0 Å². The quantitative estimate of drug-likeness (QED) is 0.477. The minimum Gasteiger partial charge on any atom is -0.382 e. The molecule has 1 aliphatic rings. The van der Waals surface area contributed by atoms with E-state index in [1.165, 1.54) is 24.9 Å². The van der Waals surface area contributed by atoms with Crippen LogP contribution in [-0.2, 0) is 0 Å². The SMILES string of the molecule is C#Cc1ccn2c(-c3ccccc3)c(-c3ccc(NC4CCC4)cc3)nc2c1. The maximum atomic E-state index is 5.59. The van der Waals surface area contributed by atoms with Crippen LogP contribution >= 0.6 is 0 Å². The number of pyridine rings is 1. The number of imidazole rings is 1. The molecule has 0 saturated heterocycles. The van der Waals surface area contributed by atoms with E-state index in [0.717, 1.165) is 33.7 Å². The van der Waals surface area contributed by atoms with Gasteiger partial charge < -0.3 is 5.32 Å². The minimum absolute atomic E-state index is 0.628. The molecule has 1 N–H and O–H groups in total. The van der Waals surface area contributed by atoms with Crippen molar-refractivity contribution < 1.29 is 0 Å². The third kappa shape index (κ3) is 2.93. The average Bonchev–Trinajstić information content (AvgIpc) is 3.10. The molecule has 2 heterocycles. The molecule has 1 fully saturated rings. The van der Waals surface area contributed by atoms with Crippen molar-refractivity contribution in [2.75, 3.05) is 5.32 Å². The molecule has 136 valence electrons. The fourth-order valence-electron chi connectivity index (χ4n) is 3.72. The predicted octanol–water partition coefficient (Wildman–Crippen LogP) is 5.61. The first kappa shape index (κ1) is 16.6. The van der Waals surface area contributed by atoms with Gasteiger partial charge >= 0.3 is 0 Å². The van der Waals surface area contributed by atoms with Crippen LogP contribution in [0.4, 0.5) is 5.69 Å². The van der Waals surface area contributed by atoms with Crippen molar-refractivity contribution in [2.24, 2.45) is 0 Å². The Hall–Kier alpha value is -3.51. The molecule has 0 unspecified atom stereocenters. The van der Waals surface area contributed by atoms with E-state index in [0.29, 0.717) is 6.04 Å². The number of hydrogen-bond acceptors (Lipinski definition) is 2. The first-order chi connectivity index (χ1) is 13.8. The van der Waals surface area contributed by atoms with E-state index >= 15 is 0 Å². The van der Waals surface area contributed by atoms with Crippen LogP contribution in [0.3, 0.4) is 0 Å². The Labute approximate surface area is 165 Å². The van der Waals surface area contributed by atoms with Gasteiger partial charge in [-0.25, -0.2) is 4.98 Å². The third-order valence-corrected chi connectivity index (χ3v) is 5.47. The van der Waals surface area contributed by atoms with E-state index in [1.807, 2.05) is 24.4 Å². The number of nitrogens with zero attached hydrogens (tertiary/aromatic N) is 2. The van der Waals surface area contributed by atoms with Crippen molar-refractivity contribution in [3.63, 3.8) is 0 Å². The van der Waals surface area contributed by atoms with Crippen molar-refractivity contribution in [2.45, 2.75) is 25.3 Å². The summed E-state index contributed by atoms with van der Waals surface area (Å²) < 4.78 is 2.12. The van der Waals surface area contributed by atoms with Crippen molar-refractivity contribution in [1.82, 2.24) is 9.38 Å². The molecule has 1 saturated carbocycles. The summed E-state index contributed by atoms with van der Waals surface area (Å²) in [6, 6.07) is 23.5. The fourth-order valence-corrected chi connectivity index (χ4v) is 3.72. The zero-order chi connectivity index (χ0) is 18.9. The van der Waals surface area contributed by atoms with Gasteiger partial charge in [-0.1, -0.05) is 48.4 Å². The summed E-state index contributed by atoms with van der Waals surface area (Å²) in [6.07, 6.45) is 11.5. The van der Waals surface area contributed by atoms with Crippen LogP contribution < -0.4 is 5.32 Å². The highest BCUT2D eigenvalue weighted by Gasteiger charge is 2.18. The first-order valence-electron chi connectivity index (χ1n) is 9.73. The molecule has 0 atom stereocenters. The van der Waals surface area contributed by atoms with E-state index in [1.54, 1.807) is 0 Å². The summed E-state index contributed by atoms with van der Waals surface area (Å²) in [4.78, 5) is 4.93. The van der Waals surface area contributed by atoms with E-state index in [4.69, 9.17) is 11.4 Å². The summed E-state index contributed by atoms with van der Waals surface area (Å²) in [5.74, 6) is 2.70. The number of anilines is 1. The lowest BCUT2D eigenvalue weighted by atomic mass is 9.93. The summed E-state index contributed by atoms with van der Waals surface area (Å²) in [7, 11) is 0.